The minimum absolute atomic E-state index is 0.522. The Hall–Kier alpha value is -1.88. The van der Waals surface area contributed by atoms with E-state index in [0.29, 0.717) is 6.61 Å². The molecule has 0 unspecified atom stereocenters. The van der Waals surface area contributed by atoms with Crippen molar-refractivity contribution in [3.05, 3.63) is 42.2 Å². The molecule has 108 valence electrons. The first-order valence-electron chi connectivity index (χ1n) is 7.11. The number of nitrogens with one attached hydrogen (secondary N) is 1. The first-order chi connectivity index (χ1) is 9.83. The quantitative estimate of drug-likeness (QED) is 0.803. The van der Waals surface area contributed by atoms with Gasteiger partial charge in [-0.1, -0.05) is 13.8 Å². The molecule has 0 atom stereocenters. The molecule has 0 saturated carbocycles. The van der Waals surface area contributed by atoms with E-state index in [1.807, 2.05) is 24.7 Å². The minimum atomic E-state index is 0.522. The molecular formula is C15H22N4O. The Morgan fingerprint density at radius 1 is 1.25 bits per heavy atom. The fraction of sp³-hybridized carbons (Fsp3) is 0.467. The highest BCUT2D eigenvalue weighted by Crippen LogP contribution is 2.12. The fourth-order valence-electron chi connectivity index (χ4n) is 1.92. The van der Waals surface area contributed by atoms with Crippen molar-refractivity contribution < 1.29 is 4.74 Å². The molecule has 20 heavy (non-hydrogen) atoms. The zero-order valence-electron chi connectivity index (χ0n) is 12.2. The van der Waals surface area contributed by atoms with Gasteiger partial charge in [-0.05, 0) is 25.1 Å². The number of hydrogen-bond acceptors (Lipinski definition) is 4. The third-order valence-corrected chi connectivity index (χ3v) is 3.00. The summed E-state index contributed by atoms with van der Waals surface area (Å²) in [6, 6.07) is 3.95. The maximum absolute atomic E-state index is 5.75. The average molecular weight is 274 g/mol. The Balaban J connectivity index is 1.88. The Bertz CT molecular complexity index is 507. The molecule has 0 aliphatic carbocycles. The Morgan fingerprint density at radius 2 is 2.15 bits per heavy atom. The summed E-state index contributed by atoms with van der Waals surface area (Å²) in [7, 11) is 0. The molecule has 2 heterocycles. The summed E-state index contributed by atoms with van der Waals surface area (Å²) in [4.78, 5) is 8.52. The molecule has 0 spiro atoms. The van der Waals surface area contributed by atoms with E-state index >= 15 is 0 Å². The number of imidazole rings is 1. The van der Waals surface area contributed by atoms with E-state index in [1.54, 1.807) is 6.20 Å². The first-order valence-corrected chi connectivity index (χ1v) is 7.11. The molecule has 0 aliphatic rings. The van der Waals surface area contributed by atoms with Crippen LogP contribution in [0.3, 0.4) is 0 Å². The first kappa shape index (κ1) is 14.5. The molecule has 5 heteroatoms. The number of rotatable bonds is 8. The van der Waals surface area contributed by atoms with Crippen LogP contribution < -0.4 is 10.1 Å². The zero-order chi connectivity index (χ0) is 14.2. The molecule has 0 aromatic carbocycles. The van der Waals surface area contributed by atoms with Gasteiger partial charge in [-0.15, -0.1) is 0 Å². The van der Waals surface area contributed by atoms with Crippen LogP contribution in [-0.4, -0.2) is 21.1 Å². The highest BCUT2D eigenvalue weighted by molar-refractivity contribution is 5.20. The lowest BCUT2D eigenvalue weighted by molar-refractivity contribution is 0.293. The molecule has 0 bridgehead atoms. The van der Waals surface area contributed by atoms with Gasteiger partial charge in [-0.2, -0.15) is 0 Å². The average Bonchev–Trinajstić information content (AvgIpc) is 2.92. The van der Waals surface area contributed by atoms with Gasteiger partial charge in [0.25, 0.3) is 0 Å². The van der Waals surface area contributed by atoms with E-state index in [4.69, 9.17) is 4.74 Å². The molecule has 0 amide bonds. The summed E-state index contributed by atoms with van der Waals surface area (Å²) >= 11 is 0. The Morgan fingerprint density at radius 3 is 2.85 bits per heavy atom. The molecule has 0 aliphatic heterocycles. The van der Waals surface area contributed by atoms with Crippen molar-refractivity contribution in [2.45, 2.75) is 40.0 Å². The lowest BCUT2D eigenvalue weighted by Gasteiger charge is -2.09. The lowest BCUT2D eigenvalue weighted by atomic mass is 10.3. The standard InChI is InChI=1S/C15H22N4O/c1-3-7-19-12-17-9-14(19)11-20-15-6-5-13(18-10-15)8-16-4-2/h5-6,9-10,12,16H,3-4,7-8,11H2,1-2H3. The number of pyridine rings is 1. The van der Waals surface area contributed by atoms with Crippen LogP contribution >= 0.6 is 0 Å². The largest absolute Gasteiger partial charge is 0.486 e. The van der Waals surface area contributed by atoms with Gasteiger partial charge in [0.1, 0.15) is 12.4 Å². The summed E-state index contributed by atoms with van der Waals surface area (Å²) < 4.78 is 7.87. The van der Waals surface area contributed by atoms with E-state index in [9.17, 15) is 0 Å². The highest BCUT2D eigenvalue weighted by atomic mass is 16.5. The molecule has 2 rings (SSSR count). The molecule has 0 radical (unpaired) electrons. The van der Waals surface area contributed by atoms with Crippen molar-refractivity contribution in [1.29, 1.82) is 0 Å². The predicted octanol–water partition coefficient (Wildman–Crippen LogP) is 2.38. The number of hydrogen-bond donors (Lipinski definition) is 1. The second-order valence-corrected chi connectivity index (χ2v) is 4.63. The lowest BCUT2D eigenvalue weighted by Crippen LogP contribution is -2.12. The van der Waals surface area contributed by atoms with Crippen LogP contribution in [0.4, 0.5) is 0 Å². The molecule has 1 N–H and O–H groups in total. The van der Waals surface area contributed by atoms with E-state index < -0.39 is 0 Å². The third kappa shape index (κ3) is 4.06. The van der Waals surface area contributed by atoms with Gasteiger partial charge in [0.05, 0.1) is 30.1 Å². The van der Waals surface area contributed by atoms with E-state index in [-0.39, 0.29) is 0 Å². The van der Waals surface area contributed by atoms with E-state index in [1.165, 1.54) is 0 Å². The van der Waals surface area contributed by atoms with Crippen LogP contribution in [0.2, 0.25) is 0 Å². The summed E-state index contributed by atoms with van der Waals surface area (Å²) in [6.45, 7) is 7.46. The van der Waals surface area contributed by atoms with Crippen molar-refractivity contribution in [3.8, 4) is 5.75 Å². The van der Waals surface area contributed by atoms with Crippen molar-refractivity contribution in [1.82, 2.24) is 19.9 Å². The predicted molar refractivity (Wildman–Crippen MR) is 78.5 cm³/mol. The monoisotopic (exact) mass is 274 g/mol. The van der Waals surface area contributed by atoms with E-state index in [0.717, 1.165) is 43.2 Å². The molecular weight excluding hydrogens is 252 g/mol. The second kappa shape index (κ2) is 7.65. The summed E-state index contributed by atoms with van der Waals surface area (Å²) in [5.41, 5.74) is 2.11. The number of aryl methyl sites for hydroxylation is 1. The SMILES string of the molecule is CCCn1cncc1COc1ccc(CNCC)nc1. The highest BCUT2D eigenvalue weighted by Gasteiger charge is 2.03. The molecule has 2 aromatic heterocycles. The van der Waals surface area contributed by atoms with Crippen molar-refractivity contribution >= 4 is 0 Å². The maximum atomic E-state index is 5.75. The van der Waals surface area contributed by atoms with Crippen LogP contribution in [0.1, 0.15) is 31.7 Å². The van der Waals surface area contributed by atoms with Crippen LogP contribution in [0.15, 0.2) is 30.9 Å². The molecule has 2 aromatic rings. The summed E-state index contributed by atoms with van der Waals surface area (Å²) in [5.74, 6) is 0.787. The normalized spacial score (nSPS) is 10.7. The smallest absolute Gasteiger partial charge is 0.138 e. The van der Waals surface area contributed by atoms with Crippen LogP contribution in [0, 0.1) is 0 Å². The molecule has 0 fully saturated rings. The maximum Gasteiger partial charge on any atom is 0.138 e. The third-order valence-electron chi connectivity index (χ3n) is 3.00. The Labute approximate surface area is 120 Å². The van der Waals surface area contributed by atoms with Crippen molar-refractivity contribution in [2.24, 2.45) is 0 Å². The van der Waals surface area contributed by atoms with Crippen molar-refractivity contribution in [3.63, 3.8) is 0 Å². The number of aromatic nitrogens is 3. The van der Waals surface area contributed by atoms with Crippen LogP contribution in [0.25, 0.3) is 0 Å². The second-order valence-electron chi connectivity index (χ2n) is 4.63. The van der Waals surface area contributed by atoms with Gasteiger partial charge in [-0.25, -0.2) is 4.98 Å². The topological polar surface area (TPSA) is 52.0 Å². The van der Waals surface area contributed by atoms with Crippen molar-refractivity contribution in [2.75, 3.05) is 6.54 Å². The Kier molecular flexibility index (Phi) is 5.55. The number of ether oxygens (including phenoxy) is 1. The van der Waals surface area contributed by atoms with Gasteiger partial charge < -0.3 is 14.6 Å². The van der Waals surface area contributed by atoms with Gasteiger partial charge in [-0.3, -0.25) is 4.98 Å². The molecule has 5 nitrogen and oxygen atoms in total. The van der Waals surface area contributed by atoms with Gasteiger partial charge in [0.15, 0.2) is 0 Å². The van der Waals surface area contributed by atoms with Crippen LogP contribution in [0.5, 0.6) is 5.75 Å². The summed E-state index contributed by atoms with van der Waals surface area (Å²) in [6.07, 6.45) is 6.56. The minimum Gasteiger partial charge on any atom is -0.486 e. The summed E-state index contributed by atoms with van der Waals surface area (Å²) in [5, 5.41) is 3.24. The number of nitrogens with zero attached hydrogens (tertiary/aromatic N) is 3. The zero-order valence-corrected chi connectivity index (χ0v) is 12.2. The van der Waals surface area contributed by atoms with Crippen LogP contribution in [-0.2, 0) is 19.7 Å². The van der Waals surface area contributed by atoms with Gasteiger partial charge in [0.2, 0.25) is 0 Å². The van der Waals surface area contributed by atoms with Gasteiger partial charge >= 0.3 is 0 Å². The molecule has 0 saturated heterocycles. The van der Waals surface area contributed by atoms with E-state index in [2.05, 4.69) is 33.7 Å². The fourth-order valence-corrected chi connectivity index (χ4v) is 1.92. The van der Waals surface area contributed by atoms with Gasteiger partial charge in [0, 0.05) is 13.1 Å².